The Morgan fingerprint density at radius 1 is 1.12 bits per heavy atom. The quantitative estimate of drug-likeness (QED) is 0.424. The van der Waals surface area contributed by atoms with E-state index in [0.29, 0.717) is 28.5 Å². The fraction of sp³-hybridized carbons (Fsp3) is 0.348. The molecule has 3 aromatic rings. The van der Waals surface area contributed by atoms with Gasteiger partial charge < -0.3 is 20.7 Å². The number of benzene rings is 2. The highest BCUT2D eigenvalue weighted by Gasteiger charge is 2.15. The molecular weight excluding hydrogens is 416 g/mol. The molecule has 0 aliphatic rings. The summed E-state index contributed by atoms with van der Waals surface area (Å²) in [6, 6.07) is 9.39. The van der Waals surface area contributed by atoms with E-state index in [2.05, 4.69) is 25.9 Å². The number of urea groups is 1. The molecule has 0 saturated heterocycles. The van der Waals surface area contributed by atoms with Crippen LogP contribution in [0.2, 0.25) is 0 Å². The number of anilines is 3. The Labute approximate surface area is 185 Å². The Balaban J connectivity index is 1.68. The number of carbonyl (C=O) groups excluding carboxylic acids is 1. The van der Waals surface area contributed by atoms with Crippen LogP contribution in [-0.2, 0) is 0 Å². The molecule has 2 amide bonds. The lowest BCUT2D eigenvalue weighted by molar-refractivity contribution is 0.200. The Morgan fingerprint density at radius 3 is 2.47 bits per heavy atom. The molecule has 0 atom stereocenters. The first-order valence-corrected chi connectivity index (χ1v) is 10.3. The number of ether oxygens (including phenoxy) is 1. The number of nitrogens with zero attached hydrogens (tertiary/aromatic N) is 2. The topological polar surface area (TPSA) is 88.2 Å². The maximum Gasteiger partial charge on any atom is 0.319 e. The lowest BCUT2D eigenvalue weighted by atomic mass is 10.1. The first kappa shape index (κ1) is 23.2. The second kappa shape index (κ2) is 9.76. The van der Waals surface area contributed by atoms with Crippen LogP contribution in [0.4, 0.5) is 30.8 Å². The number of hydrogen-bond acceptors (Lipinski definition) is 5. The summed E-state index contributed by atoms with van der Waals surface area (Å²) < 4.78 is 33.8. The third kappa shape index (κ3) is 6.50. The van der Waals surface area contributed by atoms with E-state index in [1.165, 1.54) is 26.2 Å². The minimum atomic E-state index is -1.34. The summed E-state index contributed by atoms with van der Waals surface area (Å²) in [5, 5.41) is 8.62. The van der Waals surface area contributed by atoms with Gasteiger partial charge in [0.1, 0.15) is 29.4 Å². The predicted molar refractivity (Wildman–Crippen MR) is 122 cm³/mol. The molecule has 9 heteroatoms. The molecule has 0 radical (unpaired) electrons. The standard InChI is InChI=1S/C23H27F2N5O2/c1-14(2)32-17-11-18(24)20-19(12-17)27-13-28-21(20)29-15-5-7-16(8-6-15)30-22(31)26-10-9-23(3,4)25/h5-8,11-14H,9-10H2,1-4H3,(H2,26,30,31)(H,27,28,29). The van der Waals surface area contributed by atoms with Gasteiger partial charge in [0.05, 0.1) is 17.0 Å². The van der Waals surface area contributed by atoms with Gasteiger partial charge in [0.15, 0.2) is 0 Å². The number of hydrogen-bond donors (Lipinski definition) is 3. The molecule has 7 nitrogen and oxygen atoms in total. The Kier molecular flexibility index (Phi) is 7.07. The molecule has 0 spiro atoms. The van der Waals surface area contributed by atoms with Crippen LogP contribution >= 0.6 is 0 Å². The molecular formula is C23H27F2N5O2. The zero-order valence-corrected chi connectivity index (χ0v) is 18.5. The second-order valence-electron chi connectivity index (χ2n) is 8.24. The lowest BCUT2D eigenvalue weighted by Gasteiger charge is -2.15. The van der Waals surface area contributed by atoms with E-state index in [1.807, 2.05) is 13.8 Å². The van der Waals surface area contributed by atoms with E-state index in [9.17, 15) is 13.6 Å². The van der Waals surface area contributed by atoms with Crippen molar-refractivity contribution >= 4 is 34.1 Å². The van der Waals surface area contributed by atoms with Gasteiger partial charge in [-0.05, 0) is 58.4 Å². The lowest BCUT2D eigenvalue weighted by Crippen LogP contribution is -2.32. The van der Waals surface area contributed by atoms with Gasteiger partial charge in [0, 0.05) is 30.1 Å². The summed E-state index contributed by atoms with van der Waals surface area (Å²) in [6.07, 6.45) is 1.48. The van der Waals surface area contributed by atoms with Crippen molar-refractivity contribution in [2.45, 2.75) is 45.9 Å². The molecule has 0 bridgehead atoms. The van der Waals surface area contributed by atoms with Crippen LogP contribution < -0.4 is 20.7 Å². The molecule has 170 valence electrons. The smallest absolute Gasteiger partial charge is 0.319 e. The monoisotopic (exact) mass is 443 g/mol. The summed E-state index contributed by atoms with van der Waals surface area (Å²) in [7, 11) is 0. The number of carbonyl (C=O) groups is 1. The summed E-state index contributed by atoms with van der Waals surface area (Å²) in [4.78, 5) is 20.2. The van der Waals surface area contributed by atoms with Crippen molar-refractivity contribution in [3.05, 3.63) is 48.5 Å². The van der Waals surface area contributed by atoms with Crippen LogP contribution in [0.15, 0.2) is 42.7 Å². The summed E-state index contributed by atoms with van der Waals surface area (Å²) in [5.74, 6) is 0.224. The minimum Gasteiger partial charge on any atom is -0.491 e. The third-order valence-electron chi connectivity index (χ3n) is 4.45. The molecule has 0 unspecified atom stereocenters. The normalized spacial score (nSPS) is 11.5. The van der Waals surface area contributed by atoms with Crippen molar-refractivity contribution in [1.29, 1.82) is 0 Å². The largest absolute Gasteiger partial charge is 0.491 e. The van der Waals surface area contributed by atoms with E-state index < -0.39 is 17.5 Å². The zero-order valence-electron chi connectivity index (χ0n) is 18.5. The highest BCUT2D eigenvalue weighted by atomic mass is 19.1. The van der Waals surface area contributed by atoms with Gasteiger partial charge in [-0.2, -0.15) is 0 Å². The Morgan fingerprint density at radius 2 is 1.81 bits per heavy atom. The number of rotatable bonds is 8. The minimum absolute atomic E-state index is 0.0870. The molecule has 3 rings (SSSR count). The van der Waals surface area contributed by atoms with Gasteiger partial charge in [-0.3, -0.25) is 0 Å². The molecule has 0 aliphatic carbocycles. The van der Waals surface area contributed by atoms with Gasteiger partial charge >= 0.3 is 6.03 Å². The Bertz CT molecular complexity index is 1080. The highest BCUT2D eigenvalue weighted by Crippen LogP contribution is 2.30. The fourth-order valence-electron chi connectivity index (χ4n) is 2.97. The molecule has 2 aromatic carbocycles. The van der Waals surface area contributed by atoms with E-state index in [4.69, 9.17) is 4.74 Å². The Hall–Kier alpha value is -3.49. The number of fused-ring (bicyclic) bond motifs is 1. The van der Waals surface area contributed by atoms with Gasteiger partial charge in [0.25, 0.3) is 0 Å². The highest BCUT2D eigenvalue weighted by molar-refractivity contribution is 5.92. The summed E-state index contributed by atoms with van der Waals surface area (Å²) in [5.41, 5.74) is 0.289. The van der Waals surface area contributed by atoms with Crippen LogP contribution in [0.5, 0.6) is 5.75 Å². The van der Waals surface area contributed by atoms with Crippen LogP contribution in [-0.4, -0.2) is 34.3 Å². The number of halogens is 2. The van der Waals surface area contributed by atoms with Crippen LogP contribution in [0.1, 0.15) is 34.1 Å². The van der Waals surface area contributed by atoms with Crippen LogP contribution in [0.25, 0.3) is 10.9 Å². The van der Waals surface area contributed by atoms with Crippen molar-refractivity contribution in [1.82, 2.24) is 15.3 Å². The number of alkyl halides is 1. The molecule has 0 saturated carbocycles. The average Bonchev–Trinajstić information content (AvgIpc) is 2.68. The van der Waals surface area contributed by atoms with Gasteiger partial charge in [-0.15, -0.1) is 0 Å². The van der Waals surface area contributed by atoms with Crippen molar-refractivity contribution in [2.24, 2.45) is 0 Å². The van der Waals surface area contributed by atoms with Gasteiger partial charge in [-0.25, -0.2) is 23.5 Å². The van der Waals surface area contributed by atoms with Crippen molar-refractivity contribution in [3.8, 4) is 5.75 Å². The third-order valence-corrected chi connectivity index (χ3v) is 4.45. The van der Waals surface area contributed by atoms with Crippen LogP contribution in [0.3, 0.4) is 0 Å². The first-order valence-electron chi connectivity index (χ1n) is 10.3. The molecule has 3 N–H and O–H groups in total. The van der Waals surface area contributed by atoms with E-state index in [0.717, 1.165) is 0 Å². The van der Waals surface area contributed by atoms with E-state index >= 15 is 0 Å². The number of aromatic nitrogens is 2. The van der Waals surface area contributed by atoms with Gasteiger partial charge in [-0.1, -0.05) is 0 Å². The maximum absolute atomic E-state index is 14.8. The number of nitrogens with one attached hydrogen (secondary N) is 3. The zero-order chi connectivity index (χ0) is 23.3. The summed E-state index contributed by atoms with van der Waals surface area (Å²) in [6.45, 7) is 6.88. The maximum atomic E-state index is 14.8. The van der Waals surface area contributed by atoms with Crippen molar-refractivity contribution in [3.63, 3.8) is 0 Å². The second-order valence-corrected chi connectivity index (χ2v) is 8.24. The van der Waals surface area contributed by atoms with Crippen molar-refractivity contribution in [2.75, 3.05) is 17.2 Å². The molecule has 1 heterocycles. The van der Waals surface area contributed by atoms with E-state index in [1.54, 1.807) is 30.3 Å². The number of amides is 2. The van der Waals surface area contributed by atoms with Crippen molar-refractivity contribution < 1.29 is 18.3 Å². The average molecular weight is 443 g/mol. The SMILES string of the molecule is CC(C)Oc1cc(F)c2c(Nc3ccc(NC(=O)NCCC(C)(C)F)cc3)ncnc2c1. The predicted octanol–water partition coefficient (Wildman–Crippen LogP) is 5.56. The molecule has 0 aliphatic heterocycles. The van der Waals surface area contributed by atoms with Crippen LogP contribution in [0, 0.1) is 5.82 Å². The fourth-order valence-corrected chi connectivity index (χ4v) is 2.97. The van der Waals surface area contributed by atoms with E-state index in [-0.39, 0.29) is 24.5 Å². The molecule has 1 aromatic heterocycles. The first-order chi connectivity index (χ1) is 15.1. The molecule has 0 fully saturated rings. The summed E-state index contributed by atoms with van der Waals surface area (Å²) >= 11 is 0. The van der Waals surface area contributed by atoms with Gasteiger partial charge in [0.2, 0.25) is 0 Å². The molecule has 32 heavy (non-hydrogen) atoms.